The van der Waals surface area contributed by atoms with Crippen molar-refractivity contribution in [3.63, 3.8) is 0 Å². The Labute approximate surface area is 112 Å². The number of halogens is 1. The van der Waals surface area contributed by atoms with Crippen LogP contribution < -0.4 is 10.6 Å². The minimum Gasteiger partial charge on any atom is -0.354 e. The number of hydrogen-bond donors (Lipinski definition) is 2. The van der Waals surface area contributed by atoms with Crippen LogP contribution in [0.15, 0.2) is 0 Å². The Morgan fingerprint density at radius 3 is 2.59 bits per heavy atom. The maximum absolute atomic E-state index is 11.7. The summed E-state index contributed by atoms with van der Waals surface area (Å²) in [6.45, 7) is 7.27. The van der Waals surface area contributed by atoms with Crippen molar-refractivity contribution in [2.75, 3.05) is 18.8 Å². The molecule has 1 rings (SSSR count). The van der Waals surface area contributed by atoms with E-state index in [0.29, 0.717) is 12.3 Å². The molecule has 2 atom stereocenters. The van der Waals surface area contributed by atoms with Gasteiger partial charge in [-0.3, -0.25) is 9.00 Å². The van der Waals surface area contributed by atoms with Crippen LogP contribution in [0.1, 0.15) is 33.6 Å². The van der Waals surface area contributed by atoms with Gasteiger partial charge in [0, 0.05) is 27.8 Å². The SMILES string of the molecule is CC(C)(C)S(=O)CCNC(=O)C1CCCN1.Cl. The molecule has 1 aliphatic rings. The second kappa shape index (κ2) is 7.34. The summed E-state index contributed by atoms with van der Waals surface area (Å²) in [4.78, 5) is 11.6. The fourth-order valence-electron chi connectivity index (χ4n) is 1.60. The summed E-state index contributed by atoms with van der Waals surface area (Å²) in [6.07, 6.45) is 1.97. The number of carbonyl (C=O) groups excluding carboxylic acids is 1. The van der Waals surface area contributed by atoms with Crippen molar-refractivity contribution in [1.82, 2.24) is 10.6 Å². The Bertz CT molecular complexity index is 273. The minimum absolute atomic E-state index is 0. The zero-order chi connectivity index (χ0) is 12.2. The van der Waals surface area contributed by atoms with Gasteiger partial charge in [-0.05, 0) is 40.2 Å². The number of carbonyl (C=O) groups is 1. The molecule has 0 aromatic heterocycles. The Morgan fingerprint density at radius 1 is 1.47 bits per heavy atom. The molecule has 0 radical (unpaired) electrons. The van der Waals surface area contributed by atoms with Crippen molar-refractivity contribution in [1.29, 1.82) is 0 Å². The monoisotopic (exact) mass is 282 g/mol. The van der Waals surface area contributed by atoms with Gasteiger partial charge in [0.15, 0.2) is 0 Å². The third kappa shape index (κ3) is 5.84. The molecule has 1 heterocycles. The van der Waals surface area contributed by atoms with E-state index in [0.717, 1.165) is 19.4 Å². The highest BCUT2D eigenvalue weighted by Gasteiger charge is 2.22. The molecule has 17 heavy (non-hydrogen) atoms. The highest BCUT2D eigenvalue weighted by molar-refractivity contribution is 7.86. The smallest absolute Gasteiger partial charge is 0.237 e. The van der Waals surface area contributed by atoms with Gasteiger partial charge in [0.2, 0.25) is 5.91 Å². The van der Waals surface area contributed by atoms with Gasteiger partial charge in [0.1, 0.15) is 0 Å². The van der Waals surface area contributed by atoms with Gasteiger partial charge in [-0.1, -0.05) is 0 Å². The molecule has 0 spiro atoms. The lowest BCUT2D eigenvalue weighted by molar-refractivity contribution is -0.122. The fraction of sp³-hybridized carbons (Fsp3) is 0.909. The summed E-state index contributed by atoms with van der Waals surface area (Å²) >= 11 is 0. The lowest BCUT2D eigenvalue weighted by Gasteiger charge is -2.18. The largest absolute Gasteiger partial charge is 0.354 e. The Kier molecular flexibility index (Phi) is 7.28. The van der Waals surface area contributed by atoms with Crippen LogP contribution in [0.3, 0.4) is 0 Å². The normalized spacial score (nSPS) is 21.7. The predicted octanol–water partition coefficient (Wildman–Crippen LogP) is 0.824. The first-order valence-corrected chi connectivity index (χ1v) is 7.13. The van der Waals surface area contributed by atoms with Crippen molar-refractivity contribution in [3.05, 3.63) is 0 Å². The van der Waals surface area contributed by atoms with Crippen molar-refractivity contribution in [2.45, 2.75) is 44.4 Å². The zero-order valence-corrected chi connectivity index (χ0v) is 12.4. The summed E-state index contributed by atoms with van der Waals surface area (Å²) in [7, 11) is -0.890. The highest BCUT2D eigenvalue weighted by Crippen LogP contribution is 2.10. The van der Waals surface area contributed by atoms with E-state index in [2.05, 4.69) is 10.6 Å². The van der Waals surface area contributed by atoms with E-state index >= 15 is 0 Å². The molecular weight excluding hydrogens is 260 g/mol. The van der Waals surface area contributed by atoms with Crippen LogP contribution in [0.2, 0.25) is 0 Å². The maximum atomic E-state index is 11.7. The molecule has 0 bridgehead atoms. The first-order chi connectivity index (χ1) is 7.41. The van der Waals surface area contributed by atoms with E-state index in [1.54, 1.807) is 0 Å². The molecule has 0 aromatic rings. The molecular formula is C11H23ClN2O2S. The molecule has 1 saturated heterocycles. The molecule has 0 aromatic carbocycles. The fourth-order valence-corrected chi connectivity index (χ4v) is 2.50. The lowest BCUT2D eigenvalue weighted by Crippen LogP contribution is -2.42. The number of amides is 1. The van der Waals surface area contributed by atoms with Crippen LogP contribution >= 0.6 is 12.4 Å². The first-order valence-electron chi connectivity index (χ1n) is 5.81. The van der Waals surface area contributed by atoms with Gasteiger partial charge < -0.3 is 10.6 Å². The highest BCUT2D eigenvalue weighted by atomic mass is 35.5. The average Bonchev–Trinajstić information content (AvgIpc) is 2.68. The second-order valence-corrected chi connectivity index (χ2v) is 7.43. The molecule has 0 saturated carbocycles. The van der Waals surface area contributed by atoms with Crippen molar-refractivity contribution >= 4 is 29.1 Å². The van der Waals surface area contributed by atoms with E-state index in [4.69, 9.17) is 0 Å². The Morgan fingerprint density at radius 2 is 2.12 bits per heavy atom. The maximum Gasteiger partial charge on any atom is 0.237 e. The third-order valence-corrected chi connectivity index (χ3v) is 4.59. The third-order valence-electron chi connectivity index (χ3n) is 2.65. The summed E-state index contributed by atoms with van der Waals surface area (Å²) in [5.41, 5.74) is 0. The lowest BCUT2D eigenvalue weighted by atomic mass is 10.2. The predicted molar refractivity (Wildman–Crippen MR) is 74.0 cm³/mol. The average molecular weight is 283 g/mol. The van der Waals surface area contributed by atoms with Crippen molar-refractivity contribution in [2.24, 2.45) is 0 Å². The van der Waals surface area contributed by atoms with E-state index in [1.807, 2.05) is 20.8 Å². The summed E-state index contributed by atoms with van der Waals surface area (Å²) in [5, 5.41) is 5.97. The number of rotatable bonds is 4. The summed E-state index contributed by atoms with van der Waals surface area (Å²) in [5.74, 6) is 0.575. The topological polar surface area (TPSA) is 58.2 Å². The van der Waals surface area contributed by atoms with E-state index < -0.39 is 10.8 Å². The molecule has 6 heteroatoms. The Balaban J connectivity index is 0.00000256. The minimum atomic E-state index is -0.890. The standard InChI is InChI=1S/C11H22N2O2S.ClH/c1-11(2,3)16(15)8-7-13-10(14)9-5-4-6-12-9;/h9,12H,4-8H2,1-3H3,(H,13,14);1H. The number of hydrogen-bond acceptors (Lipinski definition) is 3. The molecule has 4 nitrogen and oxygen atoms in total. The van der Waals surface area contributed by atoms with E-state index in [-0.39, 0.29) is 29.1 Å². The molecule has 1 aliphatic heterocycles. The van der Waals surface area contributed by atoms with Gasteiger partial charge in [-0.15, -0.1) is 12.4 Å². The van der Waals surface area contributed by atoms with Crippen LogP contribution in [0.5, 0.6) is 0 Å². The van der Waals surface area contributed by atoms with Crippen molar-refractivity contribution in [3.8, 4) is 0 Å². The quantitative estimate of drug-likeness (QED) is 0.803. The molecule has 2 N–H and O–H groups in total. The van der Waals surface area contributed by atoms with Gasteiger partial charge >= 0.3 is 0 Å². The van der Waals surface area contributed by atoms with Gasteiger partial charge in [0.25, 0.3) is 0 Å². The van der Waals surface area contributed by atoms with Crippen LogP contribution in [-0.4, -0.2) is 39.7 Å². The van der Waals surface area contributed by atoms with Crippen LogP contribution in [0.25, 0.3) is 0 Å². The van der Waals surface area contributed by atoms with Crippen molar-refractivity contribution < 1.29 is 9.00 Å². The van der Waals surface area contributed by atoms with Crippen LogP contribution in [-0.2, 0) is 15.6 Å². The molecule has 2 unspecified atom stereocenters. The Hall–Kier alpha value is -0.130. The van der Waals surface area contributed by atoms with E-state index in [1.165, 1.54) is 0 Å². The van der Waals surface area contributed by atoms with E-state index in [9.17, 15) is 9.00 Å². The molecule has 0 aliphatic carbocycles. The molecule has 1 amide bonds. The molecule has 1 fully saturated rings. The first kappa shape index (κ1) is 16.9. The molecule has 102 valence electrons. The van der Waals surface area contributed by atoms with Crippen LogP contribution in [0, 0.1) is 0 Å². The summed E-state index contributed by atoms with van der Waals surface area (Å²) < 4.78 is 11.5. The summed E-state index contributed by atoms with van der Waals surface area (Å²) in [6, 6.07) is -0.0388. The van der Waals surface area contributed by atoms with Gasteiger partial charge in [-0.25, -0.2) is 0 Å². The second-order valence-electron chi connectivity index (χ2n) is 5.10. The number of nitrogens with one attached hydrogen (secondary N) is 2. The van der Waals surface area contributed by atoms with Gasteiger partial charge in [0.05, 0.1) is 6.04 Å². The van der Waals surface area contributed by atoms with Crippen LogP contribution in [0.4, 0.5) is 0 Å². The zero-order valence-electron chi connectivity index (χ0n) is 10.7. The van der Waals surface area contributed by atoms with Gasteiger partial charge in [-0.2, -0.15) is 0 Å².